The van der Waals surface area contributed by atoms with Crippen molar-refractivity contribution in [2.24, 2.45) is 0 Å². The van der Waals surface area contributed by atoms with E-state index in [-0.39, 0.29) is 13.2 Å². The van der Waals surface area contributed by atoms with Gasteiger partial charge in [0.25, 0.3) is 11.8 Å². The number of nitrogens with zero attached hydrogens (tertiary/aromatic N) is 1. The Labute approximate surface area is 93.9 Å². The maximum atomic E-state index is 11.7. The molecule has 0 aromatic carbocycles. The molecule has 0 spiro atoms. The van der Waals surface area contributed by atoms with E-state index in [4.69, 9.17) is 9.94 Å². The summed E-state index contributed by atoms with van der Waals surface area (Å²) in [6, 6.07) is 0. The molecule has 1 aliphatic rings. The second-order valence-electron chi connectivity index (χ2n) is 3.31. The lowest BCUT2D eigenvalue weighted by atomic mass is 10.1. The van der Waals surface area contributed by atoms with Gasteiger partial charge in [-0.1, -0.05) is 19.1 Å². The number of allylic oxidation sites excluding steroid dienone is 1. The molecule has 0 bridgehead atoms. The van der Waals surface area contributed by atoms with Gasteiger partial charge in [-0.3, -0.25) is 14.4 Å². The predicted octanol–water partition coefficient (Wildman–Crippen LogP) is 0.562. The van der Waals surface area contributed by atoms with Gasteiger partial charge in [0, 0.05) is 5.57 Å². The molecule has 5 heteroatoms. The van der Waals surface area contributed by atoms with Crippen molar-refractivity contribution in [1.82, 2.24) is 5.06 Å². The zero-order valence-electron chi connectivity index (χ0n) is 9.40. The van der Waals surface area contributed by atoms with E-state index < -0.39 is 11.8 Å². The molecule has 1 N–H and O–H groups in total. The highest BCUT2D eigenvalue weighted by Crippen LogP contribution is 2.21. The van der Waals surface area contributed by atoms with Gasteiger partial charge in [0.2, 0.25) is 0 Å². The van der Waals surface area contributed by atoms with Gasteiger partial charge in [-0.05, 0) is 13.3 Å². The third kappa shape index (κ3) is 2.37. The van der Waals surface area contributed by atoms with Crippen LogP contribution < -0.4 is 0 Å². The molecule has 0 aliphatic carbocycles. The molecule has 2 amide bonds. The Bertz CT molecular complexity index is 357. The quantitative estimate of drug-likeness (QED) is 0.694. The zero-order valence-corrected chi connectivity index (χ0v) is 9.40. The van der Waals surface area contributed by atoms with E-state index in [1.807, 2.05) is 6.92 Å². The van der Waals surface area contributed by atoms with Crippen molar-refractivity contribution in [1.29, 1.82) is 0 Å². The van der Waals surface area contributed by atoms with Gasteiger partial charge >= 0.3 is 0 Å². The summed E-state index contributed by atoms with van der Waals surface area (Å²) < 4.78 is 0. The van der Waals surface area contributed by atoms with Crippen molar-refractivity contribution >= 4 is 11.8 Å². The molecular formula is C11H15NO4. The standard InChI is InChI=1S/C11H15NO4/c1-3-4-5-9-8(2)10(14)12(11(9)15)16-7-6-13/h4-5,13H,3,6-7H2,1-2H3/b5-4-. The van der Waals surface area contributed by atoms with Crippen LogP contribution in [0.5, 0.6) is 0 Å². The molecule has 0 unspecified atom stereocenters. The number of aliphatic hydroxyl groups excluding tert-OH is 1. The Balaban J connectivity index is 2.83. The third-order valence-electron chi connectivity index (χ3n) is 2.16. The summed E-state index contributed by atoms with van der Waals surface area (Å²) >= 11 is 0. The first kappa shape index (κ1) is 12.6. The molecule has 0 saturated heterocycles. The highest BCUT2D eigenvalue weighted by atomic mass is 16.7. The summed E-state index contributed by atoms with van der Waals surface area (Å²) in [4.78, 5) is 28.2. The first-order valence-electron chi connectivity index (χ1n) is 5.13. The van der Waals surface area contributed by atoms with Gasteiger partial charge in [0.1, 0.15) is 0 Å². The lowest BCUT2D eigenvalue weighted by Gasteiger charge is -2.12. The SMILES string of the molecule is CC/C=C\C1=C(C)C(=O)N(OCCO)C1=O. The van der Waals surface area contributed by atoms with E-state index >= 15 is 0 Å². The minimum absolute atomic E-state index is 0.0739. The molecule has 1 aliphatic heterocycles. The van der Waals surface area contributed by atoms with Crippen LogP contribution in [0.3, 0.4) is 0 Å². The lowest BCUT2D eigenvalue weighted by Crippen LogP contribution is -2.32. The molecule has 0 saturated carbocycles. The first-order valence-corrected chi connectivity index (χ1v) is 5.13. The molecule has 0 aromatic heterocycles. The summed E-state index contributed by atoms with van der Waals surface area (Å²) in [5.74, 6) is -0.935. The first-order chi connectivity index (χ1) is 7.63. The fraction of sp³-hybridized carbons (Fsp3) is 0.455. The summed E-state index contributed by atoms with van der Waals surface area (Å²) in [6.07, 6.45) is 4.22. The average molecular weight is 225 g/mol. The molecular weight excluding hydrogens is 210 g/mol. The van der Waals surface area contributed by atoms with Gasteiger partial charge in [-0.2, -0.15) is 0 Å². The van der Waals surface area contributed by atoms with Gasteiger partial charge in [0.15, 0.2) is 0 Å². The van der Waals surface area contributed by atoms with Crippen LogP contribution in [0, 0.1) is 0 Å². The third-order valence-corrected chi connectivity index (χ3v) is 2.16. The van der Waals surface area contributed by atoms with Crippen molar-refractivity contribution in [3.05, 3.63) is 23.3 Å². The van der Waals surface area contributed by atoms with Crippen LogP contribution >= 0.6 is 0 Å². The van der Waals surface area contributed by atoms with E-state index in [0.29, 0.717) is 16.2 Å². The molecule has 5 nitrogen and oxygen atoms in total. The topological polar surface area (TPSA) is 66.8 Å². The maximum absolute atomic E-state index is 11.7. The maximum Gasteiger partial charge on any atom is 0.285 e. The normalized spacial score (nSPS) is 17.1. The van der Waals surface area contributed by atoms with E-state index in [1.54, 1.807) is 19.1 Å². The van der Waals surface area contributed by atoms with E-state index in [9.17, 15) is 9.59 Å². The number of hydroxylamine groups is 2. The Kier molecular flexibility index (Phi) is 4.39. The van der Waals surface area contributed by atoms with Crippen LogP contribution in [-0.2, 0) is 14.4 Å². The second kappa shape index (κ2) is 5.58. The van der Waals surface area contributed by atoms with Crippen LogP contribution in [0.15, 0.2) is 23.3 Å². The minimum Gasteiger partial charge on any atom is -0.394 e. The van der Waals surface area contributed by atoms with Gasteiger partial charge in [-0.15, -0.1) is 5.06 Å². The zero-order chi connectivity index (χ0) is 12.1. The summed E-state index contributed by atoms with van der Waals surface area (Å²) in [7, 11) is 0. The number of carbonyl (C=O) groups excluding carboxylic acids is 2. The minimum atomic E-state index is -0.472. The van der Waals surface area contributed by atoms with Crippen LogP contribution in [0.25, 0.3) is 0 Å². The number of carbonyl (C=O) groups is 2. The van der Waals surface area contributed by atoms with Crippen molar-refractivity contribution in [2.45, 2.75) is 20.3 Å². The Morgan fingerprint density at radius 2 is 2.06 bits per heavy atom. The van der Waals surface area contributed by atoms with Crippen molar-refractivity contribution in [3.63, 3.8) is 0 Å². The average Bonchev–Trinajstić information content (AvgIpc) is 2.47. The molecule has 16 heavy (non-hydrogen) atoms. The monoisotopic (exact) mass is 225 g/mol. The van der Waals surface area contributed by atoms with E-state index in [2.05, 4.69) is 0 Å². The number of hydrogen-bond acceptors (Lipinski definition) is 4. The molecule has 1 rings (SSSR count). The molecule has 0 radical (unpaired) electrons. The summed E-state index contributed by atoms with van der Waals surface area (Å²) in [6.45, 7) is 3.21. The molecule has 1 heterocycles. The molecule has 0 atom stereocenters. The van der Waals surface area contributed by atoms with Crippen molar-refractivity contribution < 1.29 is 19.5 Å². The van der Waals surface area contributed by atoms with Gasteiger partial charge in [0.05, 0.1) is 18.8 Å². The van der Waals surface area contributed by atoms with Crippen LogP contribution in [0.2, 0.25) is 0 Å². The number of amides is 2. The Hall–Kier alpha value is -1.46. The highest BCUT2D eigenvalue weighted by Gasteiger charge is 2.35. The second-order valence-corrected chi connectivity index (χ2v) is 3.31. The number of imide groups is 1. The fourth-order valence-electron chi connectivity index (χ4n) is 1.31. The number of aliphatic hydroxyl groups is 1. The lowest BCUT2D eigenvalue weighted by molar-refractivity contribution is -0.188. The van der Waals surface area contributed by atoms with Crippen molar-refractivity contribution in [3.8, 4) is 0 Å². The van der Waals surface area contributed by atoms with E-state index in [0.717, 1.165) is 6.42 Å². The summed E-state index contributed by atoms with van der Waals surface area (Å²) in [5.41, 5.74) is 0.720. The van der Waals surface area contributed by atoms with E-state index in [1.165, 1.54) is 0 Å². The fourth-order valence-corrected chi connectivity index (χ4v) is 1.31. The molecule has 88 valence electrons. The van der Waals surface area contributed by atoms with Gasteiger partial charge in [-0.25, -0.2) is 0 Å². The molecule has 0 aromatic rings. The van der Waals surface area contributed by atoms with Crippen molar-refractivity contribution in [2.75, 3.05) is 13.2 Å². The number of rotatable bonds is 5. The Morgan fingerprint density at radius 3 is 2.62 bits per heavy atom. The summed E-state index contributed by atoms with van der Waals surface area (Å²) in [5, 5.41) is 9.27. The highest BCUT2D eigenvalue weighted by molar-refractivity contribution is 6.19. The van der Waals surface area contributed by atoms with Gasteiger partial charge < -0.3 is 5.11 Å². The Morgan fingerprint density at radius 1 is 1.38 bits per heavy atom. The largest absolute Gasteiger partial charge is 0.394 e. The van der Waals surface area contributed by atoms with Crippen LogP contribution in [0.4, 0.5) is 0 Å². The van der Waals surface area contributed by atoms with Crippen LogP contribution in [0.1, 0.15) is 20.3 Å². The number of hydrogen-bond donors (Lipinski definition) is 1. The smallest absolute Gasteiger partial charge is 0.285 e. The molecule has 0 fully saturated rings. The predicted molar refractivity (Wildman–Crippen MR) is 57.0 cm³/mol. The van der Waals surface area contributed by atoms with Crippen LogP contribution in [-0.4, -0.2) is 35.2 Å².